The number of rotatable bonds is 6. The van der Waals surface area contributed by atoms with Crippen LogP contribution >= 0.6 is 24.0 Å². The Kier molecular flexibility index (Phi) is 8.86. The molecule has 1 saturated heterocycles. The summed E-state index contributed by atoms with van der Waals surface area (Å²) < 4.78 is 30.7. The van der Waals surface area contributed by atoms with Crippen molar-refractivity contribution in [3.63, 3.8) is 0 Å². The minimum atomic E-state index is -2.81. The van der Waals surface area contributed by atoms with Crippen molar-refractivity contribution in [3.05, 3.63) is 36.4 Å². The van der Waals surface area contributed by atoms with Crippen LogP contribution in [0.4, 0.5) is 14.5 Å². The smallest absolute Gasteiger partial charge is 0.387 e. The lowest BCUT2D eigenvalue weighted by molar-refractivity contribution is -0.0498. The normalized spacial score (nSPS) is 17.1. The van der Waals surface area contributed by atoms with E-state index in [4.69, 9.17) is 0 Å². The number of hydrogen-bond donors (Lipinski definition) is 2. The Morgan fingerprint density at radius 2 is 2.10 bits per heavy atom. The number of nitrogens with one attached hydrogen (secondary N) is 2. The largest absolute Gasteiger partial charge is 0.435 e. The van der Waals surface area contributed by atoms with E-state index in [1.165, 1.54) is 6.33 Å². The van der Waals surface area contributed by atoms with Crippen LogP contribution in [-0.2, 0) is 13.6 Å². The van der Waals surface area contributed by atoms with Gasteiger partial charge in [-0.25, -0.2) is 4.98 Å². The fourth-order valence-electron chi connectivity index (χ4n) is 3.20. The van der Waals surface area contributed by atoms with E-state index in [-0.39, 0.29) is 35.8 Å². The van der Waals surface area contributed by atoms with Crippen LogP contribution in [0.2, 0.25) is 0 Å². The van der Waals surface area contributed by atoms with Gasteiger partial charge in [0.05, 0.1) is 6.54 Å². The summed E-state index contributed by atoms with van der Waals surface area (Å²) in [5, 5.41) is 10.7. The third kappa shape index (κ3) is 6.68. The van der Waals surface area contributed by atoms with Crippen LogP contribution in [0.5, 0.6) is 5.75 Å². The maximum absolute atomic E-state index is 12.3. The average molecular weight is 521 g/mol. The monoisotopic (exact) mass is 521 g/mol. The third-order valence-electron chi connectivity index (χ3n) is 4.63. The molecule has 0 spiro atoms. The Morgan fingerprint density at radius 1 is 1.34 bits per heavy atom. The topological polar surface area (TPSA) is 79.6 Å². The SMILES string of the molecule is CN=C(NCc1ncnn1C)NC1CCCN(c2ccc(OC(F)F)cc2)C1.I. The Balaban J connectivity index is 0.00000300. The van der Waals surface area contributed by atoms with E-state index < -0.39 is 6.61 Å². The zero-order valence-corrected chi connectivity index (χ0v) is 18.7. The van der Waals surface area contributed by atoms with Crippen molar-refractivity contribution in [1.82, 2.24) is 25.4 Å². The van der Waals surface area contributed by atoms with E-state index >= 15 is 0 Å². The molecule has 1 fully saturated rings. The molecule has 1 unspecified atom stereocenters. The van der Waals surface area contributed by atoms with Gasteiger partial charge in [-0.05, 0) is 37.1 Å². The molecule has 1 aromatic carbocycles. The number of nitrogens with zero attached hydrogens (tertiary/aromatic N) is 5. The summed E-state index contributed by atoms with van der Waals surface area (Å²) in [6.45, 7) is -0.578. The van der Waals surface area contributed by atoms with Gasteiger partial charge in [0.2, 0.25) is 0 Å². The van der Waals surface area contributed by atoms with E-state index in [9.17, 15) is 8.78 Å². The van der Waals surface area contributed by atoms with Crippen LogP contribution in [0, 0.1) is 0 Å². The standard InChI is InChI=1S/C18H25F2N7O.HI/c1-21-18(22-10-16-23-12-24-26(16)2)25-13-4-3-9-27(11-13)14-5-7-15(8-6-14)28-17(19)20;/h5-8,12-13,17H,3-4,9-11H2,1-2H3,(H2,21,22,25);1H. The van der Waals surface area contributed by atoms with Crippen LogP contribution in [0.25, 0.3) is 0 Å². The molecule has 1 atom stereocenters. The van der Waals surface area contributed by atoms with Gasteiger partial charge in [-0.1, -0.05) is 0 Å². The van der Waals surface area contributed by atoms with Gasteiger partial charge in [-0.2, -0.15) is 13.9 Å². The number of hydrogen-bond acceptors (Lipinski definition) is 5. The molecule has 0 saturated carbocycles. The summed E-state index contributed by atoms with van der Waals surface area (Å²) in [7, 11) is 3.57. The van der Waals surface area contributed by atoms with E-state index in [1.54, 1.807) is 36.0 Å². The molecule has 8 nitrogen and oxygen atoms in total. The second-order valence-electron chi connectivity index (χ2n) is 6.53. The highest BCUT2D eigenvalue weighted by Crippen LogP contribution is 2.23. The molecule has 2 N–H and O–H groups in total. The van der Waals surface area contributed by atoms with Crippen molar-refractivity contribution in [2.24, 2.45) is 12.0 Å². The number of benzene rings is 1. The zero-order valence-electron chi connectivity index (χ0n) is 16.4. The molecule has 0 bridgehead atoms. The van der Waals surface area contributed by atoms with Gasteiger partial charge in [0, 0.05) is 38.9 Å². The Hall–Kier alpha value is -2.18. The van der Waals surface area contributed by atoms with Gasteiger partial charge < -0.3 is 20.3 Å². The van der Waals surface area contributed by atoms with Crippen LogP contribution in [0.15, 0.2) is 35.6 Å². The summed E-state index contributed by atoms with van der Waals surface area (Å²) in [6.07, 6.45) is 3.56. The molecule has 2 heterocycles. The molecule has 1 aliphatic rings. The lowest BCUT2D eigenvalue weighted by Crippen LogP contribution is -2.51. The van der Waals surface area contributed by atoms with Gasteiger partial charge in [0.15, 0.2) is 5.96 Å². The number of aryl methyl sites for hydroxylation is 1. The summed E-state index contributed by atoms with van der Waals surface area (Å²) in [5.74, 6) is 1.69. The molecule has 0 amide bonds. The molecule has 1 aliphatic heterocycles. The van der Waals surface area contributed by atoms with Crippen LogP contribution in [-0.4, -0.2) is 53.5 Å². The fourth-order valence-corrected chi connectivity index (χ4v) is 3.20. The Labute approximate surface area is 185 Å². The lowest BCUT2D eigenvalue weighted by atomic mass is 10.0. The molecule has 2 aromatic rings. The number of guanidine groups is 1. The van der Waals surface area contributed by atoms with Crippen molar-refractivity contribution in [2.45, 2.75) is 32.0 Å². The van der Waals surface area contributed by atoms with E-state index in [0.717, 1.165) is 37.4 Å². The zero-order chi connectivity index (χ0) is 19.9. The van der Waals surface area contributed by atoms with Crippen molar-refractivity contribution in [2.75, 3.05) is 25.0 Å². The maximum atomic E-state index is 12.3. The number of aromatic nitrogens is 3. The molecular formula is C18H26F2IN7O. The number of piperidine rings is 1. The second kappa shape index (κ2) is 11.1. The minimum absolute atomic E-state index is 0. The molecule has 0 aliphatic carbocycles. The first-order chi connectivity index (χ1) is 13.5. The molecule has 11 heteroatoms. The summed E-state index contributed by atoms with van der Waals surface area (Å²) >= 11 is 0. The Morgan fingerprint density at radius 3 is 2.72 bits per heavy atom. The van der Waals surface area contributed by atoms with Gasteiger partial charge >= 0.3 is 6.61 Å². The molecular weight excluding hydrogens is 495 g/mol. The molecule has 160 valence electrons. The van der Waals surface area contributed by atoms with E-state index in [0.29, 0.717) is 12.5 Å². The van der Waals surface area contributed by atoms with Crippen molar-refractivity contribution in [3.8, 4) is 5.75 Å². The summed E-state index contributed by atoms with van der Waals surface area (Å²) in [6, 6.07) is 6.97. The molecule has 29 heavy (non-hydrogen) atoms. The van der Waals surface area contributed by atoms with Gasteiger partial charge in [0.25, 0.3) is 0 Å². The van der Waals surface area contributed by atoms with Crippen molar-refractivity contribution in [1.29, 1.82) is 0 Å². The fraction of sp³-hybridized carbons (Fsp3) is 0.500. The predicted octanol–water partition coefficient (Wildman–Crippen LogP) is 2.37. The number of anilines is 1. The number of halogens is 3. The Bertz CT molecular complexity index is 785. The van der Waals surface area contributed by atoms with Crippen LogP contribution in [0.1, 0.15) is 18.7 Å². The highest BCUT2D eigenvalue weighted by Gasteiger charge is 2.21. The third-order valence-corrected chi connectivity index (χ3v) is 4.63. The molecule has 0 radical (unpaired) electrons. The van der Waals surface area contributed by atoms with Gasteiger partial charge in [-0.15, -0.1) is 24.0 Å². The van der Waals surface area contributed by atoms with E-state index in [1.807, 2.05) is 7.05 Å². The first-order valence-electron chi connectivity index (χ1n) is 9.15. The van der Waals surface area contributed by atoms with Crippen molar-refractivity contribution >= 4 is 35.6 Å². The van der Waals surface area contributed by atoms with Crippen LogP contribution < -0.4 is 20.3 Å². The average Bonchev–Trinajstić information content (AvgIpc) is 3.10. The van der Waals surface area contributed by atoms with Crippen molar-refractivity contribution < 1.29 is 13.5 Å². The predicted molar refractivity (Wildman–Crippen MR) is 118 cm³/mol. The molecule has 1 aromatic heterocycles. The van der Waals surface area contributed by atoms with Gasteiger partial charge in [-0.3, -0.25) is 9.67 Å². The number of alkyl halides is 2. The second-order valence-corrected chi connectivity index (χ2v) is 6.53. The summed E-state index contributed by atoms with van der Waals surface area (Å²) in [5.41, 5.74) is 0.982. The highest BCUT2D eigenvalue weighted by atomic mass is 127. The number of ether oxygens (including phenoxy) is 1. The first-order valence-corrected chi connectivity index (χ1v) is 9.15. The minimum Gasteiger partial charge on any atom is -0.435 e. The highest BCUT2D eigenvalue weighted by molar-refractivity contribution is 14.0. The molecule has 3 rings (SSSR count). The quantitative estimate of drug-likeness (QED) is 0.346. The van der Waals surface area contributed by atoms with E-state index in [2.05, 4.69) is 35.3 Å². The number of aliphatic imine (C=N–C) groups is 1. The first kappa shape index (κ1) is 23.1. The summed E-state index contributed by atoms with van der Waals surface area (Å²) in [4.78, 5) is 10.7. The van der Waals surface area contributed by atoms with Gasteiger partial charge in [0.1, 0.15) is 17.9 Å². The maximum Gasteiger partial charge on any atom is 0.387 e. The lowest BCUT2D eigenvalue weighted by Gasteiger charge is -2.35. The van der Waals surface area contributed by atoms with Crippen LogP contribution in [0.3, 0.4) is 0 Å².